The van der Waals surface area contributed by atoms with E-state index < -0.39 is 12.1 Å². The maximum Gasteiger partial charge on any atom is 0.490 e. The van der Waals surface area contributed by atoms with Crippen molar-refractivity contribution in [2.24, 2.45) is 5.41 Å². The van der Waals surface area contributed by atoms with Crippen molar-refractivity contribution < 1.29 is 37.3 Å². The number of nitrogens with zero attached hydrogens (tertiary/aromatic N) is 3. The van der Waals surface area contributed by atoms with Crippen molar-refractivity contribution in [2.75, 3.05) is 26.3 Å². The van der Waals surface area contributed by atoms with Gasteiger partial charge < -0.3 is 19.5 Å². The molecule has 0 aromatic carbocycles. The fourth-order valence-corrected chi connectivity index (χ4v) is 4.15. The minimum atomic E-state index is -5.08. The predicted molar refractivity (Wildman–Crippen MR) is 114 cm³/mol. The summed E-state index contributed by atoms with van der Waals surface area (Å²) < 4.78 is 43.8. The van der Waals surface area contributed by atoms with E-state index in [1.165, 1.54) is 0 Å². The zero-order valence-electron chi connectivity index (χ0n) is 18.6. The van der Waals surface area contributed by atoms with Crippen LogP contribution in [-0.2, 0) is 9.53 Å². The van der Waals surface area contributed by atoms with Crippen molar-refractivity contribution in [3.8, 4) is 5.88 Å². The molecule has 0 bridgehead atoms. The number of aryl methyl sites for hydroxylation is 1. The van der Waals surface area contributed by atoms with Gasteiger partial charge in [-0.3, -0.25) is 4.79 Å². The molecule has 4 rings (SSSR count). The molecule has 0 radical (unpaired) electrons. The van der Waals surface area contributed by atoms with E-state index in [-0.39, 0.29) is 17.4 Å². The molecule has 2 unspecified atom stereocenters. The number of hydrogen-bond acceptors (Lipinski definition) is 6. The Bertz CT molecular complexity index is 989. The van der Waals surface area contributed by atoms with Crippen LogP contribution in [0.5, 0.6) is 5.88 Å². The zero-order chi connectivity index (χ0) is 24.8. The molecule has 2 aliphatic heterocycles. The van der Waals surface area contributed by atoms with Crippen LogP contribution >= 0.6 is 0 Å². The number of ether oxygens (including phenoxy) is 2. The number of alkyl halides is 3. The molecule has 2 aliphatic rings. The summed E-state index contributed by atoms with van der Waals surface area (Å²) in [4.78, 5) is 32.5. The quantitative estimate of drug-likeness (QED) is 0.713. The average Bonchev–Trinajstić information content (AvgIpc) is 2.82. The molecule has 8 nitrogen and oxygen atoms in total. The number of carbonyl (C=O) groups excluding carboxylic acids is 1. The fraction of sp³-hybridized carbons (Fsp3) is 0.478. The van der Waals surface area contributed by atoms with Gasteiger partial charge in [-0.25, -0.2) is 14.8 Å². The number of aliphatic carboxylic acids is 1. The van der Waals surface area contributed by atoms with E-state index in [4.69, 9.17) is 19.4 Å². The Labute approximate surface area is 194 Å². The van der Waals surface area contributed by atoms with Crippen LogP contribution in [0.4, 0.5) is 13.2 Å². The second-order valence-corrected chi connectivity index (χ2v) is 8.26. The molecule has 1 amide bonds. The molecule has 0 aliphatic carbocycles. The summed E-state index contributed by atoms with van der Waals surface area (Å²) in [6, 6.07) is 11.2. The first-order valence-corrected chi connectivity index (χ1v) is 10.8. The van der Waals surface area contributed by atoms with Gasteiger partial charge in [0, 0.05) is 43.1 Å². The molecule has 2 aromatic heterocycles. The highest BCUT2D eigenvalue weighted by molar-refractivity contribution is 5.92. The molecular weight excluding hydrogens is 455 g/mol. The van der Waals surface area contributed by atoms with Crippen LogP contribution < -0.4 is 4.74 Å². The van der Waals surface area contributed by atoms with Crippen molar-refractivity contribution >= 4 is 11.9 Å². The maximum atomic E-state index is 13.0. The Balaban J connectivity index is 0.000000406. The topological polar surface area (TPSA) is 102 Å². The zero-order valence-corrected chi connectivity index (χ0v) is 18.6. The van der Waals surface area contributed by atoms with E-state index in [0.717, 1.165) is 31.6 Å². The molecule has 1 N–H and O–H groups in total. The van der Waals surface area contributed by atoms with Crippen molar-refractivity contribution in [1.29, 1.82) is 0 Å². The monoisotopic (exact) mass is 481 g/mol. The Morgan fingerprint density at radius 3 is 2.68 bits per heavy atom. The van der Waals surface area contributed by atoms with Gasteiger partial charge in [-0.2, -0.15) is 13.2 Å². The molecule has 2 aromatic rings. The molecule has 0 spiro atoms. The largest absolute Gasteiger partial charge is 0.490 e. The van der Waals surface area contributed by atoms with E-state index in [2.05, 4.69) is 9.97 Å². The van der Waals surface area contributed by atoms with Crippen LogP contribution in [0.1, 0.15) is 35.4 Å². The summed E-state index contributed by atoms with van der Waals surface area (Å²) >= 11 is 0. The third-order valence-corrected chi connectivity index (χ3v) is 5.77. The summed E-state index contributed by atoms with van der Waals surface area (Å²) in [5.41, 5.74) is 1.16. The SMILES string of the molecule is Cc1cccc(C(=O)N2CCC3OCCCC3(COc3ccccn3)C2)n1.O=C(O)C(F)(F)F. The second-order valence-electron chi connectivity index (χ2n) is 8.26. The second kappa shape index (κ2) is 10.8. The number of carboxylic acid groups (broad SMARTS) is 1. The van der Waals surface area contributed by atoms with E-state index in [1.807, 2.05) is 42.2 Å². The molecular formula is C23H26F3N3O5. The van der Waals surface area contributed by atoms with Crippen molar-refractivity contribution in [2.45, 2.75) is 38.5 Å². The molecule has 11 heteroatoms. The molecule has 2 saturated heterocycles. The van der Waals surface area contributed by atoms with Gasteiger partial charge in [-0.05, 0) is 44.4 Å². The van der Waals surface area contributed by atoms with Gasteiger partial charge in [0.15, 0.2) is 0 Å². The molecule has 4 heterocycles. The summed E-state index contributed by atoms with van der Waals surface area (Å²) in [7, 11) is 0. The van der Waals surface area contributed by atoms with Crippen LogP contribution in [0, 0.1) is 12.3 Å². The lowest BCUT2D eigenvalue weighted by Gasteiger charge is -2.50. The number of piperidine rings is 1. The summed E-state index contributed by atoms with van der Waals surface area (Å²) in [6.45, 7) is 4.49. The molecule has 2 fully saturated rings. The lowest BCUT2D eigenvalue weighted by atomic mass is 9.73. The van der Waals surface area contributed by atoms with E-state index >= 15 is 0 Å². The van der Waals surface area contributed by atoms with E-state index in [9.17, 15) is 18.0 Å². The van der Waals surface area contributed by atoms with Gasteiger partial charge in [-0.1, -0.05) is 12.1 Å². The molecule has 34 heavy (non-hydrogen) atoms. The van der Waals surface area contributed by atoms with E-state index in [0.29, 0.717) is 31.3 Å². The number of carbonyl (C=O) groups is 2. The van der Waals surface area contributed by atoms with Crippen molar-refractivity contribution in [3.63, 3.8) is 0 Å². The van der Waals surface area contributed by atoms with E-state index in [1.54, 1.807) is 12.3 Å². The first kappa shape index (κ1) is 25.4. The number of fused-ring (bicyclic) bond motifs is 1. The van der Waals surface area contributed by atoms with Crippen LogP contribution in [0.15, 0.2) is 42.6 Å². The minimum Gasteiger partial charge on any atom is -0.477 e. The summed E-state index contributed by atoms with van der Waals surface area (Å²) in [5, 5.41) is 7.12. The minimum absolute atomic E-state index is 0.0139. The van der Waals surface area contributed by atoms with Crippen LogP contribution in [0.2, 0.25) is 0 Å². The number of hydrogen-bond donors (Lipinski definition) is 1. The number of aromatic nitrogens is 2. The number of amides is 1. The maximum absolute atomic E-state index is 13.0. The summed E-state index contributed by atoms with van der Waals surface area (Å²) in [6.07, 6.45) is -0.461. The third kappa shape index (κ3) is 6.43. The van der Waals surface area contributed by atoms with Crippen molar-refractivity contribution in [3.05, 3.63) is 54.0 Å². The highest BCUT2D eigenvalue weighted by Gasteiger charge is 2.48. The third-order valence-electron chi connectivity index (χ3n) is 5.77. The van der Waals surface area contributed by atoms with Crippen molar-refractivity contribution in [1.82, 2.24) is 14.9 Å². The van der Waals surface area contributed by atoms with Crippen LogP contribution in [0.3, 0.4) is 0 Å². The lowest BCUT2D eigenvalue weighted by Crippen LogP contribution is -2.58. The van der Waals surface area contributed by atoms with Gasteiger partial charge in [0.25, 0.3) is 5.91 Å². The summed E-state index contributed by atoms with van der Waals surface area (Å²) in [5.74, 6) is -2.16. The highest BCUT2D eigenvalue weighted by atomic mass is 19.4. The Morgan fingerprint density at radius 2 is 2.03 bits per heavy atom. The average molecular weight is 481 g/mol. The van der Waals surface area contributed by atoms with Gasteiger partial charge >= 0.3 is 12.1 Å². The number of likely N-dealkylation sites (tertiary alicyclic amines) is 1. The number of pyridine rings is 2. The van der Waals surface area contributed by atoms with Gasteiger partial charge in [0.05, 0.1) is 12.7 Å². The smallest absolute Gasteiger partial charge is 0.477 e. The Hall–Kier alpha value is -3.21. The van der Waals surface area contributed by atoms with Crippen LogP contribution in [-0.4, -0.2) is 70.4 Å². The standard InChI is InChI=1S/C21H25N3O3.C2HF3O2/c1-16-6-4-7-17(23-16)20(25)24-12-9-18-21(14-24,10-5-13-26-18)15-27-19-8-2-3-11-22-19;3-2(4,5)1(6)7/h2-4,6-8,11,18H,5,9-10,12-15H2,1H3;(H,6,7). The first-order chi connectivity index (χ1) is 16.1. The predicted octanol–water partition coefficient (Wildman–Crippen LogP) is 3.51. The number of rotatable bonds is 4. The lowest BCUT2D eigenvalue weighted by molar-refractivity contribution is -0.192. The molecule has 2 atom stereocenters. The molecule has 0 saturated carbocycles. The van der Waals surface area contributed by atoms with Gasteiger partial charge in [-0.15, -0.1) is 0 Å². The number of halogens is 3. The molecule has 184 valence electrons. The normalized spacial score (nSPS) is 22.1. The highest BCUT2D eigenvalue weighted by Crippen LogP contribution is 2.40. The Kier molecular flexibility index (Phi) is 8.08. The first-order valence-electron chi connectivity index (χ1n) is 10.8. The van der Waals surface area contributed by atoms with Crippen LogP contribution in [0.25, 0.3) is 0 Å². The van der Waals surface area contributed by atoms with Gasteiger partial charge in [0.2, 0.25) is 5.88 Å². The fourth-order valence-electron chi connectivity index (χ4n) is 4.15. The Morgan fingerprint density at radius 1 is 1.26 bits per heavy atom. The van der Waals surface area contributed by atoms with Gasteiger partial charge in [0.1, 0.15) is 5.69 Å². The number of carboxylic acids is 1.